The van der Waals surface area contributed by atoms with Crippen molar-refractivity contribution in [1.29, 1.82) is 0 Å². The van der Waals surface area contributed by atoms with Crippen molar-refractivity contribution in [3.05, 3.63) is 64.2 Å². The van der Waals surface area contributed by atoms with Crippen LogP contribution < -0.4 is 5.32 Å². The van der Waals surface area contributed by atoms with Crippen LogP contribution in [0.25, 0.3) is 0 Å². The van der Waals surface area contributed by atoms with E-state index in [0.717, 1.165) is 10.6 Å². The van der Waals surface area contributed by atoms with Gasteiger partial charge in [-0.05, 0) is 12.1 Å². The van der Waals surface area contributed by atoms with Crippen LogP contribution in [0.5, 0.6) is 0 Å². The van der Waals surface area contributed by atoms with E-state index < -0.39 is 4.92 Å². The van der Waals surface area contributed by atoms with E-state index in [2.05, 4.69) is 5.32 Å². The molecule has 2 aromatic rings. The third-order valence-electron chi connectivity index (χ3n) is 3.30. The highest BCUT2D eigenvalue weighted by Gasteiger charge is 2.28. The molecule has 0 fully saturated rings. The van der Waals surface area contributed by atoms with E-state index in [9.17, 15) is 14.9 Å². The van der Waals surface area contributed by atoms with Crippen LogP contribution in [0.2, 0.25) is 0 Å². The van der Waals surface area contributed by atoms with E-state index in [1.165, 1.54) is 17.8 Å². The molecular weight excluding hydrogens is 288 g/mol. The molecular formula is C15H12N2O3S. The number of nitrogens with zero attached hydrogens (tertiary/aromatic N) is 1. The van der Waals surface area contributed by atoms with E-state index in [1.54, 1.807) is 18.2 Å². The maximum atomic E-state index is 12.1. The molecule has 1 N–H and O–H groups in total. The number of anilines is 1. The molecule has 6 heteroatoms. The summed E-state index contributed by atoms with van der Waals surface area (Å²) < 4.78 is 0. The first-order chi connectivity index (χ1) is 10.1. The fraction of sp³-hybridized carbons (Fsp3) is 0.133. The molecule has 3 rings (SSSR count). The van der Waals surface area contributed by atoms with Gasteiger partial charge in [-0.3, -0.25) is 14.9 Å². The van der Waals surface area contributed by atoms with Gasteiger partial charge < -0.3 is 5.32 Å². The molecule has 0 spiro atoms. The number of amides is 1. The molecule has 1 amide bonds. The minimum Gasteiger partial charge on any atom is -0.324 e. The molecule has 21 heavy (non-hydrogen) atoms. The zero-order chi connectivity index (χ0) is 14.8. The van der Waals surface area contributed by atoms with Crippen LogP contribution in [-0.4, -0.2) is 16.1 Å². The molecule has 0 bridgehead atoms. The quantitative estimate of drug-likeness (QED) is 0.697. The topological polar surface area (TPSA) is 72.2 Å². The Morgan fingerprint density at radius 1 is 1.14 bits per heavy atom. The number of nitro benzene ring substituents is 1. The first-order valence-corrected chi connectivity index (χ1v) is 7.32. The van der Waals surface area contributed by atoms with Crippen LogP contribution in [0.4, 0.5) is 11.4 Å². The molecule has 1 atom stereocenters. The fourth-order valence-corrected chi connectivity index (χ4v) is 3.43. The monoisotopic (exact) mass is 300 g/mol. The number of benzene rings is 2. The highest BCUT2D eigenvalue weighted by atomic mass is 32.2. The van der Waals surface area contributed by atoms with Crippen molar-refractivity contribution in [2.75, 3.05) is 5.32 Å². The Kier molecular flexibility index (Phi) is 3.62. The first-order valence-electron chi connectivity index (χ1n) is 6.44. The zero-order valence-electron chi connectivity index (χ0n) is 11.0. The number of nitro groups is 1. The van der Waals surface area contributed by atoms with Gasteiger partial charge in [-0.2, -0.15) is 0 Å². The number of carbonyl (C=O) groups is 1. The minimum atomic E-state index is -0.408. The molecule has 1 aliphatic rings. The third kappa shape index (κ3) is 2.75. The number of hydrogen-bond donors (Lipinski definition) is 1. The average Bonchev–Trinajstić information content (AvgIpc) is 2.48. The van der Waals surface area contributed by atoms with Gasteiger partial charge in [0.1, 0.15) is 0 Å². The van der Waals surface area contributed by atoms with Crippen molar-refractivity contribution in [2.45, 2.75) is 16.6 Å². The zero-order valence-corrected chi connectivity index (χ0v) is 11.8. The lowest BCUT2D eigenvalue weighted by Gasteiger charge is -2.23. The third-order valence-corrected chi connectivity index (χ3v) is 4.58. The molecule has 2 aromatic carbocycles. The molecule has 0 aliphatic carbocycles. The summed E-state index contributed by atoms with van der Waals surface area (Å²) in [5, 5.41) is 13.5. The van der Waals surface area contributed by atoms with Gasteiger partial charge >= 0.3 is 0 Å². The van der Waals surface area contributed by atoms with Crippen molar-refractivity contribution in [1.82, 2.24) is 0 Å². The smallest absolute Gasteiger partial charge is 0.272 e. The molecule has 1 heterocycles. The Labute approximate surface area is 125 Å². The Morgan fingerprint density at radius 3 is 2.67 bits per heavy atom. The van der Waals surface area contributed by atoms with E-state index >= 15 is 0 Å². The van der Waals surface area contributed by atoms with Crippen molar-refractivity contribution in [3.63, 3.8) is 0 Å². The SMILES string of the molecule is O=C1Nc2ccccc2SC1Cc1ccccc1[N+](=O)[O-]. The van der Waals surface area contributed by atoms with Gasteiger partial charge in [-0.25, -0.2) is 0 Å². The summed E-state index contributed by atoms with van der Waals surface area (Å²) in [5.74, 6) is -0.114. The first kappa shape index (κ1) is 13.6. The molecule has 5 nitrogen and oxygen atoms in total. The van der Waals surface area contributed by atoms with Gasteiger partial charge in [0.2, 0.25) is 5.91 Å². The van der Waals surface area contributed by atoms with E-state index in [1.807, 2.05) is 24.3 Å². The maximum absolute atomic E-state index is 12.1. The Morgan fingerprint density at radius 2 is 1.86 bits per heavy atom. The summed E-state index contributed by atoms with van der Waals surface area (Å²) in [6.45, 7) is 0. The molecule has 0 radical (unpaired) electrons. The Hall–Kier alpha value is -2.34. The van der Waals surface area contributed by atoms with Crippen molar-refractivity contribution in [2.24, 2.45) is 0 Å². The molecule has 0 aromatic heterocycles. The maximum Gasteiger partial charge on any atom is 0.272 e. The summed E-state index contributed by atoms with van der Waals surface area (Å²) >= 11 is 1.45. The number of carbonyl (C=O) groups excluding carboxylic acids is 1. The van der Waals surface area contributed by atoms with E-state index in [0.29, 0.717) is 12.0 Å². The Bertz CT molecular complexity index is 718. The lowest BCUT2D eigenvalue weighted by atomic mass is 10.1. The summed E-state index contributed by atoms with van der Waals surface area (Å²) in [6.07, 6.45) is 0.335. The van der Waals surface area contributed by atoms with Crippen LogP contribution in [0.1, 0.15) is 5.56 Å². The van der Waals surface area contributed by atoms with Gasteiger partial charge in [0.25, 0.3) is 5.69 Å². The lowest BCUT2D eigenvalue weighted by Crippen LogP contribution is -2.30. The largest absolute Gasteiger partial charge is 0.324 e. The van der Waals surface area contributed by atoms with Crippen molar-refractivity contribution >= 4 is 29.0 Å². The predicted octanol–water partition coefficient (Wildman–Crippen LogP) is 3.25. The molecule has 0 saturated heterocycles. The van der Waals surface area contributed by atoms with E-state index in [4.69, 9.17) is 0 Å². The number of fused-ring (bicyclic) bond motifs is 1. The van der Waals surface area contributed by atoms with Crippen molar-refractivity contribution in [3.8, 4) is 0 Å². The van der Waals surface area contributed by atoms with E-state index in [-0.39, 0.29) is 16.8 Å². The number of rotatable bonds is 3. The van der Waals surface area contributed by atoms with Crippen LogP contribution in [0.15, 0.2) is 53.4 Å². The summed E-state index contributed by atoms with van der Waals surface area (Å²) in [4.78, 5) is 23.8. The fourth-order valence-electron chi connectivity index (χ4n) is 2.29. The second-order valence-corrected chi connectivity index (χ2v) is 5.93. The highest BCUT2D eigenvalue weighted by Crippen LogP contribution is 2.37. The molecule has 0 saturated carbocycles. The Balaban J connectivity index is 1.86. The van der Waals surface area contributed by atoms with Crippen LogP contribution in [-0.2, 0) is 11.2 Å². The molecule has 1 unspecified atom stereocenters. The number of nitrogens with one attached hydrogen (secondary N) is 1. The minimum absolute atomic E-state index is 0.0600. The molecule has 106 valence electrons. The second kappa shape index (κ2) is 5.57. The standard InChI is InChI=1S/C15H12N2O3S/c18-15-14(21-13-8-4-2-6-11(13)16-15)9-10-5-1-3-7-12(10)17(19)20/h1-8,14H,9H2,(H,16,18). The summed E-state index contributed by atoms with van der Waals surface area (Å²) in [5.41, 5.74) is 1.44. The summed E-state index contributed by atoms with van der Waals surface area (Å²) in [6, 6.07) is 14.1. The lowest BCUT2D eigenvalue weighted by molar-refractivity contribution is -0.385. The average molecular weight is 300 g/mol. The number of para-hydroxylation sites is 2. The van der Waals surface area contributed by atoms with Crippen LogP contribution in [0.3, 0.4) is 0 Å². The number of hydrogen-bond acceptors (Lipinski definition) is 4. The van der Waals surface area contributed by atoms with Gasteiger partial charge in [0.15, 0.2) is 0 Å². The highest BCUT2D eigenvalue weighted by molar-refractivity contribution is 8.01. The van der Waals surface area contributed by atoms with Crippen LogP contribution >= 0.6 is 11.8 Å². The molecule has 1 aliphatic heterocycles. The second-order valence-electron chi connectivity index (χ2n) is 4.68. The number of thioether (sulfide) groups is 1. The van der Waals surface area contributed by atoms with Gasteiger partial charge in [0, 0.05) is 22.9 Å². The van der Waals surface area contributed by atoms with Gasteiger partial charge in [-0.1, -0.05) is 30.3 Å². The normalized spacial score (nSPS) is 17.0. The van der Waals surface area contributed by atoms with Crippen molar-refractivity contribution < 1.29 is 9.72 Å². The van der Waals surface area contributed by atoms with Gasteiger partial charge in [-0.15, -0.1) is 11.8 Å². The summed E-state index contributed by atoms with van der Waals surface area (Å²) in [7, 11) is 0. The van der Waals surface area contributed by atoms with Crippen LogP contribution in [0, 0.1) is 10.1 Å². The van der Waals surface area contributed by atoms with Gasteiger partial charge in [0.05, 0.1) is 15.9 Å². The predicted molar refractivity (Wildman–Crippen MR) is 81.5 cm³/mol.